The molecular formula is C11H21N3S. The first-order valence-electron chi connectivity index (χ1n) is 5.57. The van der Waals surface area contributed by atoms with Gasteiger partial charge in [0.2, 0.25) is 0 Å². The molecule has 2 atom stereocenters. The maximum Gasteiger partial charge on any atom is 0.109 e. The molecule has 1 rings (SSSR count). The molecule has 3 nitrogen and oxygen atoms in total. The lowest BCUT2D eigenvalue weighted by atomic mass is 10.2. The van der Waals surface area contributed by atoms with Gasteiger partial charge in [-0.05, 0) is 33.2 Å². The minimum absolute atomic E-state index is 0.271. The molecule has 15 heavy (non-hydrogen) atoms. The summed E-state index contributed by atoms with van der Waals surface area (Å²) in [5.41, 5.74) is 5.69. The Balaban J connectivity index is 2.36. The van der Waals surface area contributed by atoms with Gasteiger partial charge in [-0.1, -0.05) is 6.92 Å². The van der Waals surface area contributed by atoms with E-state index in [1.54, 1.807) is 11.3 Å². The standard InChI is InChI=1S/C11H21N3S/c1-4-10-7-14-11(15-10)9(3)13-6-5-8(2)12/h7-9,13H,4-6,12H2,1-3H3. The van der Waals surface area contributed by atoms with E-state index in [4.69, 9.17) is 5.73 Å². The van der Waals surface area contributed by atoms with Crippen LogP contribution in [-0.4, -0.2) is 17.6 Å². The Morgan fingerprint density at radius 3 is 2.80 bits per heavy atom. The molecule has 1 aromatic heterocycles. The lowest BCUT2D eigenvalue weighted by molar-refractivity contribution is 0.527. The summed E-state index contributed by atoms with van der Waals surface area (Å²) in [5.74, 6) is 0. The van der Waals surface area contributed by atoms with E-state index in [1.807, 2.05) is 13.1 Å². The highest BCUT2D eigenvalue weighted by atomic mass is 32.1. The molecule has 0 aliphatic rings. The summed E-state index contributed by atoms with van der Waals surface area (Å²) < 4.78 is 0. The van der Waals surface area contributed by atoms with Crippen molar-refractivity contribution in [2.24, 2.45) is 5.73 Å². The number of hydrogen-bond donors (Lipinski definition) is 2. The predicted octanol–water partition coefficient (Wildman–Crippen LogP) is 2.09. The maximum absolute atomic E-state index is 5.69. The van der Waals surface area contributed by atoms with E-state index >= 15 is 0 Å². The number of thiazole rings is 1. The van der Waals surface area contributed by atoms with Gasteiger partial charge in [0.05, 0.1) is 6.04 Å². The Morgan fingerprint density at radius 2 is 2.27 bits per heavy atom. The van der Waals surface area contributed by atoms with Gasteiger partial charge < -0.3 is 11.1 Å². The predicted molar refractivity (Wildman–Crippen MR) is 66.2 cm³/mol. The third-order valence-electron chi connectivity index (χ3n) is 2.34. The van der Waals surface area contributed by atoms with E-state index in [2.05, 4.69) is 24.1 Å². The van der Waals surface area contributed by atoms with Gasteiger partial charge in [0, 0.05) is 17.1 Å². The van der Waals surface area contributed by atoms with Gasteiger partial charge in [-0.3, -0.25) is 0 Å². The first-order chi connectivity index (χ1) is 7.13. The van der Waals surface area contributed by atoms with E-state index in [0.29, 0.717) is 6.04 Å². The average molecular weight is 227 g/mol. The third-order valence-corrected chi connectivity index (χ3v) is 3.66. The molecule has 0 aliphatic carbocycles. The minimum Gasteiger partial charge on any atom is -0.328 e. The van der Waals surface area contributed by atoms with Crippen molar-refractivity contribution in [1.82, 2.24) is 10.3 Å². The zero-order valence-electron chi connectivity index (χ0n) is 9.79. The zero-order chi connectivity index (χ0) is 11.3. The molecule has 4 heteroatoms. The number of nitrogens with two attached hydrogens (primary N) is 1. The number of aromatic nitrogens is 1. The van der Waals surface area contributed by atoms with E-state index in [1.165, 1.54) is 9.88 Å². The molecule has 0 amide bonds. The van der Waals surface area contributed by atoms with Crippen molar-refractivity contribution in [1.29, 1.82) is 0 Å². The molecule has 0 bridgehead atoms. The fourth-order valence-corrected chi connectivity index (χ4v) is 2.18. The average Bonchev–Trinajstić information content (AvgIpc) is 2.65. The van der Waals surface area contributed by atoms with Gasteiger partial charge >= 0.3 is 0 Å². The van der Waals surface area contributed by atoms with Gasteiger partial charge in [0.25, 0.3) is 0 Å². The molecular weight excluding hydrogens is 206 g/mol. The second-order valence-corrected chi connectivity index (χ2v) is 5.11. The molecule has 0 fully saturated rings. The molecule has 0 radical (unpaired) electrons. The van der Waals surface area contributed by atoms with Crippen LogP contribution in [0.2, 0.25) is 0 Å². The normalized spacial score (nSPS) is 15.2. The molecule has 0 saturated carbocycles. The van der Waals surface area contributed by atoms with Crippen LogP contribution in [0.25, 0.3) is 0 Å². The minimum atomic E-state index is 0.271. The van der Waals surface area contributed by atoms with Crippen molar-refractivity contribution < 1.29 is 0 Å². The van der Waals surface area contributed by atoms with Crippen molar-refractivity contribution in [2.45, 2.75) is 45.7 Å². The van der Waals surface area contributed by atoms with Crippen molar-refractivity contribution in [2.75, 3.05) is 6.54 Å². The second kappa shape index (κ2) is 6.20. The largest absolute Gasteiger partial charge is 0.328 e. The Bertz CT molecular complexity index is 283. The van der Waals surface area contributed by atoms with Gasteiger partial charge in [-0.15, -0.1) is 11.3 Å². The Hall–Kier alpha value is -0.450. The summed E-state index contributed by atoms with van der Waals surface area (Å²) in [6.45, 7) is 7.30. The molecule has 0 aliphatic heterocycles. The van der Waals surface area contributed by atoms with Gasteiger partial charge in [-0.2, -0.15) is 0 Å². The summed E-state index contributed by atoms with van der Waals surface area (Å²) in [5, 5.41) is 4.61. The Morgan fingerprint density at radius 1 is 1.53 bits per heavy atom. The smallest absolute Gasteiger partial charge is 0.109 e. The molecule has 1 aromatic rings. The fourth-order valence-electron chi connectivity index (χ4n) is 1.30. The highest BCUT2D eigenvalue weighted by Crippen LogP contribution is 2.19. The van der Waals surface area contributed by atoms with Crippen molar-refractivity contribution >= 4 is 11.3 Å². The van der Waals surface area contributed by atoms with E-state index in [0.717, 1.165) is 19.4 Å². The molecule has 1 heterocycles. The summed E-state index contributed by atoms with van der Waals surface area (Å²) in [6, 6.07) is 0.612. The first kappa shape index (κ1) is 12.6. The van der Waals surface area contributed by atoms with E-state index in [-0.39, 0.29) is 6.04 Å². The zero-order valence-corrected chi connectivity index (χ0v) is 10.6. The number of rotatable bonds is 6. The summed E-state index contributed by atoms with van der Waals surface area (Å²) in [7, 11) is 0. The summed E-state index contributed by atoms with van der Waals surface area (Å²) in [4.78, 5) is 5.76. The van der Waals surface area contributed by atoms with Crippen LogP contribution in [0, 0.1) is 0 Å². The van der Waals surface area contributed by atoms with Crippen LogP contribution < -0.4 is 11.1 Å². The third kappa shape index (κ3) is 4.28. The number of aryl methyl sites for hydroxylation is 1. The Labute approximate surface area is 96.1 Å². The second-order valence-electron chi connectivity index (χ2n) is 3.96. The molecule has 2 unspecified atom stereocenters. The molecule has 86 valence electrons. The van der Waals surface area contributed by atoms with Crippen molar-refractivity contribution in [3.63, 3.8) is 0 Å². The quantitative estimate of drug-likeness (QED) is 0.782. The summed E-state index contributed by atoms with van der Waals surface area (Å²) in [6.07, 6.45) is 4.06. The van der Waals surface area contributed by atoms with Crippen LogP contribution in [0.3, 0.4) is 0 Å². The number of nitrogens with zero attached hydrogens (tertiary/aromatic N) is 1. The Kier molecular flexibility index (Phi) is 5.22. The van der Waals surface area contributed by atoms with Crippen LogP contribution in [0.4, 0.5) is 0 Å². The van der Waals surface area contributed by atoms with Crippen molar-refractivity contribution in [3.05, 3.63) is 16.1 Å². The fraction of sp³-hybridized carbons (Fsp3) is 0.727. The van der Waals surface area contributed by atoms with Crippen LogP contribution >= 0.6 is 11.3 Å². The number of hydrogen-bond acceptors (Lipinski definition) is 4. The van der Waals surface area contributed by atoms with Crippen molar-refractivity contribution in [3.8, 4) is 0 Å². The number of nitrogens with one attached hydrogen (secondary N) is 1. The first-order valence-corrected chi connectivity index (χ1v) is 6.38. The SMILES string of the molecule is CCc1cnc(C(C)NCCC(C)N)s1. The molecule has 0 saturated heterocycles. The van der Waals surface area contributed by atoms with E-state index < -0.39 is 0 Å². The highest BCUT2D eigenvalue weighted by molar-refractivity contribution is 7.11. The summed E-state index contributed by atoms with van der Waals surface area (Å²) >= 11 is 1.79. The van der Waals surface area contributed by atoms with Crippen LogP contribution in [-0.2, 0) is 6.42 Å². The van der Waals surface area contributed by atoms with Gasteiger partial charge in [0.1, 0.15) is 5.01 Å². The lowest BCUT2D eigenvalue weighted by Crippen LogP contribution is -2.25. The maximum atomic E-state index is 5.69. The van der Waals surface area contributed by atoms with Crippen LogP contribution in [0.1, 0.15) is 43.1 Å². The highest BCUT2D eigenvalue weighted by Gasteiger charge is 2.09. The van der Waals surface area contributed by atoms with E-state index in [9.17, 15) is 0 Å². The lowest BCUT2D eigenvalue weighted by Gasteiger charge is -2.12. The van der Waals surface area contributed by atoms with Gasteiger partial charge in [0.15, 0.2) is 0 Å². The topological polar surface area (TPSA) is 50.9 Å². The van der Waals surface area contributed by atoms with Gasteiger partial charge in [-0.25, -0.2) is 4.98 Å². The van der Waals surface area contributed by atoms with Crippen LogP contribution in [0.15, 0.2) is 6.20 Å². The monoisotopic (exact) mass is 227 g/mol. The molecule has 0 spiro atoms. The van der Waals surface area contributed by atoms with Crippen LogP contribution in [0.5, 0.6) is 0 Å². The molecule has 0 aromatic carbocycles. The molecule has 3 N–H and O–H groups in total.